The van der Waals surface area contributed by atoms with Crippen LogP contribution in [0.4, 0.5) is 10.5 Å². The molecule has 0 unspecified atom stereocenters. The molecule has 0 bridgehead atoms. The van der Waals surface area contributed by atoms with Crippen LogP contribution in [-0.4, -0.2) is 31.7 Å². The van der Waals surface area contributed by atoms with Crippen LogP contribution in [-0.2, 0) is 0 Å². The van der Waals surface area contributed by atoms with Gasteiger partial charge in [0.05, 0.1) is 30.3 Å². The molecule has 138 valence electrons. The highest BCUT2D eigenvalue weighted by molar-refractivity contribution is 6.42. The van der Waals surface area contributed by atoms with Crippen molar-refractivity contribution in [1.82, 2.24) is 4.90 Å². The molecule has 0 aromatic heterocycles. The summed E-state index contributed by atoms with van der Waals surface area (Å²) in [6.07, 6.45) is 1.83. The molecular formula is C19H20Cl2N2O3. The molecule has 1 heterocycles. The van der Waals surface area contributed by atoms with Gasteiger partial charge in [-0.15, -0.1) is 0 Å². The van der Waals surface area contributed by atoms with Gasteiger partial charge in [-0.25, -0.2) is 4.79 Å². The number of hydrogen-bond acceptors (Lipinski definition) is 3. The number of likely N-dealkylation sites (tertiary alicyclic amines) is 1. The molecule has 26 heavy (non-hydrogen) atoms. The second-order valence-corrected chi connectivity index (χ2v) is 6.84. The molecule has 0 saturated carbocycles. The molecule has 5 nitrogen and oxygen atoms in total. The summed E-state index contributed by atoms with van der Waals surface area (Å²) in [6.45, 7) is 0.687. The van der Waals surface area contributed by atoms with Crippen molar-refractivity contribution in [3.05, 3.63) is 52.0 Å². The highest BCUT2D eigenvalue weighted by atomic mass is 35.5. The van der Waals surface area contributed by atoms with Crippen molar-refractivity contribution >= 4 is 34.9 Å². The second-order valence-electron chi connectivity index (χ2n) is 6.02. The van der Waals surface area contributed by atoms with Crippen LogP contribution in [0, 0.1) is 0 Å². The molecule has 1 fully saturated rings. The van der Waals surface area contributed by atoms with Crippen LogP contribution in [0.2, 0.25) is 10.0 Å². The predicted octanol–water partition coefficient (Wildman–Crippen LogP) is 5.38. The highest BCUT2D eigenvalue weighted by Crippen LogP contribution is 2.37. The van der Waals surface area contributed by atoms with E-state index in [1.165, 1.54) is 0 Å². The van der Waals surface area contributed by atoms with Gasteiger partial charge in [-0.05, 0) is 48.7 Å². The molecule has 3 rings (SSSR count). The van der Waals surface area contributed by atoms with E-state index >= 15 is 0 Å². The van der Waals surface area contributed by atoms with E-state index in [9.17, 15) is 4.79 Å². The van der Waals surface area contributed by atoms with Crippen molar-refractivity contribution in [3.8, 4) is 11.5 Å². The van der Waals surface area contributed by atoms with Crippen molar-refractivity contribution in [2.45, 2.75) is 18.9 Å². The Bertz CT molecular complexity index is 813. The Morgan fingerprint density at radius 1 is 1.08 bits per heavy atom. The number of benzene rings is 2. The van der Waals surface area contributed by atoms with Gasteiger partial charge in [0.2, 0.25) is 0 Å². The predicted molar refractivity (Wildman–Crippen MR) is 104 cm³/mol. The summed E-state index contributed by atoms with van der Waals surface area (Å²) in [4.78, 5) is 14.6. The molecule has 1 atom stereocenters. The molecule has 1 aliphatic heterocycles. The van der Waals surface area contributed by atoms with Gasteiger partial charge < -0.3 is 19.7 Å². The number of halogens is 2. The quantitative estimate of drug-likeness (QED) is 0.756. The molecule has 7 heteroatoms. The zero-order chi connectivity index (χ0) is 18.7. The topological polar surface area (TPSA) is 50.8 Å². The summed E-state index contributed by atoms with van der Waals surface area (Å²) in [5, 5.41) is 3.75. The van der Waals surface area contributed by atoms with Gasteiger partial charge in [0.25, 0.3) is 0 Å². The van der Waals surface area contributed by atoms with E-state index < -0.39 is 0 Å². The summed E-state index contributed by atoms with van der Waals surface area (Å²) in [5.74, 6) is 1.32. The largest absolute Gasteiger partial charge is 0.493 e. The van der Waals surface area contributed by atoms with E-state index in [-0.39, 0.29) is 12.1 Å². The highest BCUT2D eigenvalue weighted by Gasteiger charge is 2.30. The number of hydrogen-bond donors (Lipinski definition) is 1. The molecule has 0 radical (unpaired) electrons. The normalized spacial score (nSPS) is 16.5. The molecule has 2 aromatic rings. The minimum Gasteiger partial charge on any atom is -0.493 e. The maximum Gasteiger partial charge on any atom is 0.322 e. The van der Waals surface area contributed by atoms with Crippen LogP contribution in [0.1, 0.15) is 24.4 Å². The number of carbonyl (C=O) groups is 1. The number of amides is 2. The van der Waals surface area contributed by atoms with Crippen molar-refractivity contribution in [2.75, 3.05) is 26.1 Å². The standard InChI is InChI=1S/C19H20Cl2N2O3/c1-25-17-8-5-12(10-18(17)26-2)16-4-3-9-23(16)19(24)22-13-6-7-14(20)15(21)11-13/h5-8,10-11,16H,3-4,9H2,1-2H3,(H,22,24)/t16-/m0/s1. The first-order valence-corrected chi connectivity index (χ1v) is 9.03. The average molecular weight is 395 g/mol. The van der Waals surface area contributed by atoms with Gasteiger partial charge in [-0.3, -0.25) is 0 Å². The van der Waals surface area contributed by atoms with E-state index in [0.717, 1.165) is 18.4 Å². The van der Waals surface area contributed by atoms with Crippen molar-refractivity contribution < 1.29 is 14.3 Å². The second kappa shape index (κ2) is 8.06. The third-order valence-electron chi connectivity index (χ3n) is 4.48. The zero-order valence-corrected chi connectivity index (χ0v) is 16.1. The fourth-order valence-corrected chi connectivity index (χ4v) is 3.48. The summed E-state index contributed by atoms with van der Waals surface area (Å²) in [6, 6.07) is 10.6. The van der Waals surface area contributed by atoms with E-state index in [1.807, 2.05) is 23.1 Å². The zero-order valence-electron chi connectivity index (χ0n) is 14.6. The van der Waals surface area contributed by atoms with Gasteiger partial charge in [0.1, 0.15) is 0 Å². The monoisotopic (exact) mass is 394 g/mol. The molecule has 0 spiro atoms. The average Bonchev–Trinajstić information content (AvgIpc) is 3.14. The Hall–Kier alpha value is -2.11. The summed E-state index contributed by atoms with van der Waals surface area (Å²) in [7, 11) is 3.20. The van der Waals surface area contributed by atoms with Crippen molar-refractivity contribution in [2.24, 2.45) is 0 Å². The number of rotatable bonds is 4. The molecule has 1 N–H and O–H groups in total. The fourth-order valence-electron chi connectivity index (χ4n) is 3.19. The Morgan fingerprint density at radius 3 is 2.54 bits per heavy atom. The van der Waals surface area contributed by atoms with E-state index in [0.29, 0.717) is 33.8 Å². The Morgan fingerprint density at radius 2 is 1.85 bits per heavy atom. The number of ether oxygens (including phenoxy) is 2. The lowest BCUT2D eigenvalue weighted by atomic mass is 10.0. The lowest BCUT2D eigenvalue weighted by Crippen LogP contribution is -2.34. The van der Waals surface area contributed by atoms with Crippen LogP contribution in [0.5, 0.6) is 11.5 Å². The third kappa shape index (κ3) is 3.84. The summed E-state index contributed by atoms with van der Waals surface area (Å²) < 4.78 is 10.7. The number of nitrogens with one attached hydrogen (secondary N) is 1. The Kier molecular flexibility index (Phi) is 5.79. The first-order chi connectivity index (χ1) is 12.5. The van der Waals surface area contributed by atoms with Crippen molar-refractivity contribution in [3.63, 3.8) is 0 Å². The molecule has 2 amide bonds. The van der Waals surface area contributed by atoms with Crippen LogP contribution in [0.25, 0.3) is 0 Å². The number of anilines is 1. The maximum absolute atomic E-state index is 12.8. The summed E-state index contributed by atoms with van der Waals surface area (Å²) >= 11 is 11.9. The number of nitrogens with zero attached hydrogens (tertiary/aromatic N) is 1. The number of urea groups is 1. The van der Waals surface area contributed by atoms with Gasteiger partial charge >= 0.3 is 6.03 Å². The lowest BCUT2D eigenvalue weighted by Gasteiger charge is -2.26. The molecular weight excluding hydrogens is 375 g/mol. The number of methoxy groups -OCH3 is 2. The Labute approximate surface area is 162 Å². The fraction of sp³-hybridized carbons (Fsp3) is 0.316. The SMILES string of the molecule is COc1ccc([C@@H]2CCCN2C(=O)Nc2ccc(Cl)c(Cl)c2)cc1OC. The van der Waals surface area contributed by atoms with Crippen LogP contribution < -0.4 is 14.8 Å². The van der Waals surface area contributed by atoms with Gasteiger partial charge in [-0.1, -0.05) is 29.3 Å². The first kappa shape index (κ1) is 18.7. The molecule has 1 saturated heterocycles. The van der Waals surface area contributed by atoms with Gasteiger partial charge in [-0.2, -0.15) is 0 Å². The molecule has 0 aliphatic carbocycles. The van der Waals surface area contributed by atoms with Crippen LogP contribution in [0.15, 0.2) is 36.4 Å². The lowest BCUT2D eigenvalue weighted by molar-refractivity contribution is 0.207. The van der Waals surface area contributed by atoms with Gasteiger partial charge in [0, 0.05) is 12.2 Å². The smallest absolute Gasteiger partial charge is 0.322 e. The van der Waals surface area contributed by atoms with Crippen LogP contribution >= 0.6 is 23.2 Å². The van der Waals surface area contributed by atoms with E-state index in [1.54, 1.807) is 32.4 Å². The maximum atomic E-state index is 12.8. The molecule has 2 aromatic carbocycles. The minimum atomic E-state index is -0.166. The number of carbonyl (C=O) groups excluding carboxylic acids is 1. The van der Waals surface area contributed by atoms with Crippen LogP contribution in [0.3, 0.4) is 0 Å². The Balaban J connectivity index is 1.79. The van der Waals surface area contributed by atoms with Crippen molar-refractivity contribution in [1.29, 1.82) is 0 Å². The van der Waals surface area contributed by atoms with E-state index in [4.69, 9.17) is 32.7 Å². The van der Waals surface area contributed by atoms with E-state index in [2.05, 4.69) is 5.32 Å². The third-order valence-corrected chi connectivity index (χ3v) is 5.22. The first-order valence-electron chi connectivity index (χ1n) is 8.28. The minimum absolute atomic E-state index is 0.0161. The molecule has 1 aliphatic rings. The summed E-state index contributed by atoms with van der Waals surface area (Å²) in [5.41, 5.74) is 1.63. The van der Waals surface area contributed by atoms with Gasteiger partial charge in [0.15, 0.2) is 11.5 Å².